The van der Waals surface area contributed by atoms with Crippen molar-refractivity contribution in [3.8, 4) is 6.07 Å². The van der Waals surface area contributed by atoms with Gasteiger partial charge in [0.1, 0.15) is 5.38 Å². The smallest absolute Gasteiger partial charge is 0.143 e. The van der Waals surface area contributed by atoms with E-state index in [1.54, 1.807) is 0 Å². The summed E-state index contributed by atoms with van der Waals surface area (Å²) < 4.78 is 10.3. The Balaban J connectivity index is 3.31. The third kappa shape index (κ3) is 6.41. The molecule has 0 radical (unpaired) electrons. The number of ether oxygens (including phenoxy) is 2. The lowest BCUT2D eigenvalue weighted by molar-refractivity contribution is -0.000303. The second kappa shape index (κ2) is 7.35. The molecular weight excluding hydrogens is 178 g/mol. The number of hydrogen-bond donors (Lipinski definition) is 0. The third-order valence-corrected chi connectivity index (χ3v) is 1.45. The molecule has 0 saturated heterocycles. The first-order valence-corrected chi connectivity index (χ1v) is 4.37. The molecule has 0 aromatic heterocycles. The first kappa shape index (κ1) is 11.7. The molecule has 0 aliphatic rings. The number of nitrogens with zero attached hydrogens (tertiary/aromatic N) is 1. The molecule has 3 nitrogen and oxygen atoms in total. The molecule has 0 N–H and O–H groups in total. The molecule has 0 heterocycles. The lowest BCUT2D eigenvalue weighted by Crippen LogP contribution is -2.19. The molecule has 0 spiro atoms. The summed E-state index contributed by atoms with van der Waals surface area (Å²) >= 11 is 5.52. The average molecular weight is 192 g/mol. The van der Waals surface area contributed by atoms with E-state index >= 15 is 0 Å². The van der Waals surface area contributed by atoms with Crippen molar-refractivity contribution in [3.05, 3.63) is 0 Å². The van der Waals surface area contributed by atoms with Crippen LogP contribution in [0.25, 0.3) is 0 Å². The maximum Gasteiger partial charge on any atom is 0.143 e. The zero-order valence-electron chi connectivity index (χ0n) is 7.42. The maximum absolute atomic E-state index is 8.33. The largest absolute Gasteiger partial charge is 0.379 e. The molecule has 70 valence electrons. The Hall–Kier alpha value is -0.300. The Morgan fingerprint density at radius 1 is 1.50 bits per heavy atom. The molecular formula is C8H14ClNO2. The van der Waals surface area contributed by atoms with Crippen molar-refractivity contribution >= 4 is 11.6 Å². The summed E-state index contributed by atoms with van der Waals surface area (Å²) in [6.45, 7) is 5.29. The van der Waals surface area contributed by atoms with Crippen LogP contribution in [-0.2, 0) is 9.47 Å². The summed E-state index contributed by atoms with van der Waals surface area (Å²) in [7, 11) is 0. The topological polar surface area (TPSA) is 42.2 Å². The number of hydrogen-bond acceptors (Lipinski definition) is 3. The van der Waals surface area contributed by atoms with Crippen LogP contribution in [0.1, 0.15) is 13.8 Å². The molecule has 2 unspecified atom stereocenters. The fraction of sp³-hybridized carbons (Fsp3) is 0.875. The van der Waals surface area contributed by atoms with Crippen LogP contribution in [0.3, 0.4) is 0 Å². The van der Waals surface area contributed by atoms with Gasteiger partial charge in [-0.25, -0.2) is 0 Å². The average Bonchev–Trinajstić information content (AvgIpc) is 2.10. The van der Waals surface area contributed by atoms with Crippen LogP contribution < -0.4 is 0 Å². The molecule has 0 bridgehead atoms. The van der Waals surface area contributed by atoms with E-state index in [1.165, 1.54) is 0 Å². The fourth-order valence-electron chi connectivity index (χ4n) is 0.618. The van der Waals surface area contributed by atoms with E-state index in [4.69, 9.17) is 26.3 Å². The van der Waals surface area contributed by atoms with Crippen molar-refractivity contribution in [1.29, 1.82) is 5.26 Å². The standard InChI is InChI=1S/C8H14ClNO2/c1-3-11-5-7(2)12-6-8(9)4-10/h7-8H,3,5-6H2,1-2H3. The van der Waals surface area contributed by atoms with Crippen LogP contribution in [0.15, 0.2) is 0 Å². The van der Waals surface area contributed by atoms with E-state index in [0.29, 0.717) is 13.2 Å². The first-order chi connectivity index (χ1) is 5.70. The van der Waals surface area contributed by atoms with Gasteiger partial charge in [0, 0.05) is 6.61 Å². The highest BCUT2D eigenvalue weighted by Crippen LogP contribution is 1.98. The number of rotatable bonds is 6. The first-order valence-electron chi connectivity index (χ1n) is 3.93. The zero-order valence-corrected chi connectivity index (χ0v) is 8.17. The van der Waals surface area contributed by atoms with E-state index in [1.807, 2.05) is 19.9 Å². The third-order valence-electron chi connectivity index (χ3n) is 1.22. The molecule has 0 rings (SSSR count). The van der Waals surface area contributed by atoms with E-state index < -0.39 is 5.38 Å². The highest BCUT2D eigenvalue weighted by Gasteiger charge is 2.06. The van der Waals surface area contributed by atoms with Gasteiger partial charge < -0.3 is 9.47 Å². The van der Waals surface area contributed by atoms with Crippen molar-refractivity contribution in [2.45, 2.75) is 25.3 Å². The van der Waals surface area contributed by atoms with Gasteiger partial charge in [-0.05, 0) is 13.8 Å². The molecule has 0 saturated carbocycles. The molecule has 2 atom stereocenters. The predicted molar refractivity (Wildman–Crippen MR) is 47.2 cm³/mol. The van der Waals surface area contributed by atoms with Gasteiger partial charge in [-0.2, -0.15) is 5.26 Å². The molecule has 0 aliphatic heterocycles. The van der Waals surface area contributed by atoms with Gasteiger partial charge >= 0.3 is 0 Å². The monoisotopic (exact) mass is 191 g/mol. The van der Waals surface area contributed by atoms with Crippen LogP contribution in [0.2, 0.25) is 0 Å². The Labute approximate surface area is 78.2 Å². The minimum absolute atomic E-state index is 0.000417. The predicted octanol–water partition coefficient (Wildman–Crippen LogP) is 1.56. The van der Waals surface area contributed by atoms with Crippen LogP contribution >= 0.6 is 11.6 Å². The highest BCUT2D eigenvalue weighted by molar-refractivity contribution is 6.22. The summed E-state index contributed by atoms with van der Waals surface area (Å²) in [5.41, 5.74) is 0. The quantitative estimate of drug-likeness (QED) is 0.599. The van der Waals surface area contributed by atoms with Gasteiger partial charge in [-0.15, -0.1) is 11.6 Å². The van der Waals surface area contributed by atoms with Gasteiger partial charge in [0.05, 0.1) is 25.4 Å². The van der Waals surface area contributed by atoms with Gasteiger partial charge in [-0.1, -0.05) is 0 Å². The van der Waals surface area contributed by atoms with Crippen LogP contribution in [0, 0.1) is 11.3 Å². The van der Waals surface area contributed by atoms with E-state index in [0.717, 1.165) is 0 Å². The Kier molecular flexibility index (Phi) is 7.17. The molecule has 0 amide bonds. The van der Waals surface area contributed by atoms with Crippen molar-refractivity contribution < 1.29 is 9.47 Å². The van der Waals surface area contributed by atoms with Crippen molar-refractivity contribution in [1.82, 2.24) is 0 Å². The Morgan fingerprint density at radius 3 is 2.67 bits per heavy atom. The van der Waals surface area contributed by atoms with E-state index in [9.17, 15) is 0 Å². The number of nitriles is 1. The molecule has 0 aromatic carbocycles. The maximum atomic E-state index is 8.33. The molecule has 12 heavy (non-hydrogen) atoms. The molecule has 0 aromatic rings. The molecule has 0 aliphatic carbocycles. The lowest BCUT2D eigenvalue weighted by Gasteiger charge is -2.12. The SMILES string of the molecule is CCOCC(C)OCC(Cl)C#N. The van der Waals surface area contributed by atoms with Gasteiger partial charge in [0.25, 0.3) is 0 Å². The van der Waals surface area contributed by atoms with Gasteiger partial charge in [0.2, 0.25) is 0 Å². The summed E-state index contributed by atoms with van der Waals surface area (Å²) in [5, 5.41) is 7.77. The van der Waals surface area contributed by atoms with Gasteiger partial charge in [0.15, 0.2) is 0 Å². The van der Waals surface area contributed by atoms with Crippen LogP contribution in [-0.4, -0.2) is 31.3 Å². The number of alkyl halides is 1. The van der Waals surface area contributed by atoms with E-state index in [-0.39, 0.29) is 12.7 Å². The van der Waals surface area contributed by atoms with Crippen molar-refractivity contribution in [3.63, 3.8) is 0 Å². The second-order valence-electron chi connectivity index (χ2n) is 2.40. The zero-order chi connectivity index (χ0) is 9.40. The molecule has 4 heteroatoms. The minimum atomic E-state index is -0.561. The van der Waals surface area contributed by atoms with E-state index in [2.05, 4.69) is 0 Å². The highest BCUT2D eigenvalue weighted by atomic mass is 35.5. The van der Waals surface area contributed by atoms with Crippen LogP contribution in [0.4, 0.5) is 0 Å². The van der Waals surface area contributed by atoms with Crippen molar-refractivity contribution in [2.75, 3.05) is 19.8 Å². The minimum Gasteiger partial charge on any atom is -0.379 e. The summed E-state index contributed by atoms with van der Waals surface area (Å²) in [6, 6.07) is 1.88. The fourth-order valence-corrected chi connectivity index (χ4v) is 0.691. The summed E-state index contributed by atoms with van der Waals surface area (Å²) in [5.74, 6) is 0. The summed E-state index contributed by atoms with van der Waals surface area (Å²) in [4.78, 5) is 0. The second-order valence-corrected chi connectivity index (χ2v) is 2.93. The van der Waals surface area contributed by atoms with Gasteiger partial charge in [-0.3, -0.25) is 0 Å². The molecule has 0 fully saturated rings. The van der Waals surface area contributed by atoms with Crippen LogP contribution in [0.5, 0.6) is 0 Å². The van der Waals surface area contributed by atoms with Crippen molar-refractivity contribution in [2.24, 2.45) is 0 Å². The Morgan fingerprint density at radius 2 is 2.17 bits per heavy atom. The Bertz CT molecular complexity index is 146. The lowest BCUT2D eigenvalue weighted by atomic mass is 10.4. The normalized spacial score (nSPS) is 15.2. The number of halogens is 1. The summed E-state index contributed by atoms with van der Waals surface area (Å²) in [6.07, 6.45) is -0.000417.